The van der Waals surface area contributed by atoms with Gasteiger partial charge in [0.05, 0.1) is 16.2 Å². The van der Waals surface area contributed by atoms with Gasteiger partial charge in [0.1, 0.15) is 6.10 Å². The van der Waals surface area contributed by atoms with Crippen LogP contribution in [0.1, 0.15) is 16.7 Å². The minimum atomic E-state index is -0.701. The standard InChI is InChI=1S/C8H8ClN3OS/c1-12-5(4-10-11-12)8(13)6-2-3-7(9)14-6/h2-4,8,13H,1H3. The van der Waals surface area contributed by atoms with E-state index in [1.54, 1.807) is 19.2 Å². The maximum Gasteiger partial charge on any atom is 0.131 e. The minimum absolute atomic E-state index is 0.656. The quantitative estimate of drug-likeness (QED) is 0.851. The molecular formula is C8H8ClN3OS. The molecule has 2 aromatic heterocycles. The van der Waals surface area contributed by atoms with Crippen LogP contribution >= 0.6 is 22.9 Å². The molecule has 0 aliphatic rings. The highest BCUT2D eigenvalue weighted by Crippen LogP contribution is 2.30. The molecule has 0 saturated heterocycles. The van der Waals surface area contributed by atoms with Gasteiger partial charge in [0.25, 0.3) is 0 Å². The van der Waals surface area contributed by atoms with Crippen LogP contribution in [0.4, 0.5) is 0 Å². The largest absolute Gasteiger partial charge is 0.381 e. The van der Waals surface area contributed by atoms with Crippen LogP contribution in [0.2, 0.25) is 4.34 Å². The van der Waals surface area contributed by atoms with Crippen LogP contribution in [0.3, 0.4) is 0 Å². The van der Waals surface area contributed by atoms with E-state index in [1.807, 2.05) is 0 Å². The SMILES string of the molecule is Cn1nncc1C(O)c1ccc(Cl)s1. The summed E-state index contributed by atoms with van der Waals surface area (Å²) >= 11 is 7.12. The van der Waals surface area contributed by atoms with Gasteiger partial charge in [0.2, 0.25) is 0 Å². The van der Waals surface area contributed by atoms with Gasteiger partial charge in [0, 0.05) is 11.9 Å². The van der Waals surface area contributed by atoms with E-state index in [2.05, 4.69) is 10.3 Å². The molecule has 0 saturated carbocycles. The second-order valence-electron chi connectivity index (χ2n) is 2.83. The van der Waals surface area contributed by atoms with Gasteiger partial charge in [-0.1, -0.05) is 16.8 Å². The molecule has 4 nitrogen and oxygen atoms in total. The third-order valence-electron chi connectivity index (χ3n) is 1.89. The Morgan fingerprint density at radius 2 is 2.36 bits per heavy atom. The van der Waals surface area contributed by atoms with Crippen LogP contribution in [0, 0.1) is 0 Å². The number of rotatable bonds is 2. The third-order valence-corrected chi connectivity index (χ3v) is 3.18. The second-order valence-corrected chi connectivity index (χ2v) is 4.57. The van der Waals surface area contributed by atoms with E-state index in [0.717, 1.165) is 4.88 Å². The highest BCUT2D eigenvalue weighted by Gasteiger charge is 2.16. The second kappa shape index (κ2) is 3.68. The van der Waals surface area contributed by atoms with Gasteiger partial charge in [-0.2, -0.15) is 0 Å². The van der Waals surface area contributed by atoms with E-state index in [0.29, 0.717) is 10.0 Å². The van der Waals surface area contributed by atoms with Crippen molar-refractivity contribution >= 4 is 22.9 Å². The van der Waals surface area contributed by atoms with Crippen LogP contribution in [0.5, 0.6) is 0 Å². The molecule has 6 heteroatoms. The number of hydrogen-bond donors (Lipinski definition) is 1. The number of aliphatic hydroxyl groups excluding tert-OH is 1. The molecule has 2 heterocycles. The molecular weight excluding hydrogens is 222 g/mol. The van der Waals surface area contributed by atoms with Crippen molar-refractivity contribution in [1.29, 1.82) is 0 Å². The summed E-state index contributed by atoms with van der Waals surface area (Å²) in [6.45, 7) is 0. The molecule has 1 N–H and O–H groups in total. The summed E-state index contributed by atoms with van der Waals surface area (Å²) in [6.07, 6.45) is 0.839. The lowest BCUT2D eigenvalue weighted by molar-refractivity contribution is 0.213. The first kappa shape index (κ1) is 9.64. The van der Waals surface area contributed by atoms with Crippen molar-refractivity contribution in [3.63, 3.8) is 0 Å². The van der Waals surface area contributed by atoms with Crippen molar-refractivity contribution in [3.05, 3.63) is 33.2 Å². The zero-order valence-corrected chi connectivity index (χ0v) is 8.96. The fourth-order valence-electron chi connectivity index (χ4n) is 1.17. The first-order valence-corrected chi connectivity index (χ1v) is 5.16. The average molecular weight is 230 g/mol. The summed E-state index contributed by atoms with van der Waals surface area (Å²) in [5.41, 5.74) is 0.656. The Morgan fingerprint density at radius 1 is 1.57 bits per heavy atom. The Kier molecular flexibility index (Phi) is 2.54. The van der Waals surface area contributed by atoms with Gasteiger partial charge in [-0.05, 0) is 12.1 Å². The highest BCUT2D eigenvalue weighted by molar-refractivity contribution is 7.16. The van der Waals surface area contributed by atoms with Gasteiger partial charge in [-0.3, -0.25) is 0 Å². The van der Waals surface area contributed by atoms with Crippen LogP contribution in [-0.4, -0.2) is 20.1 Å². The molecule has 0 aromatic carbocycles. The van der Waals surface area contributed by atoms with E-state index in [9.17, 15) is 5.11 Å². The van der Waals surface area contributed by atoms with Crippen molar-refractivity contribution in [2.24, 2.45) is 7.05 Å². The average Bonchev–Trinajstić information content (AvgIpc) is 2.73. The van der Waals surface area contributed by atoms with Gasteiger partial charge < -0.3 is 5.11 Å². The first-order valence-electron chi connectivity index (χ1n) is 3.96. The number of hydrogen-bond acceptors (Lipinski definition) is 4. The normalized spacial score (nSPS) is 13.1. The van der Waals surface area contributed by atoms with Crippen molar-refractivity contribution in [2.45, 2.75) is 6.10 Å². The van der Waals surface area contributed by atoms with Gasteiger partial charge in [0.15, 0.2) is 0 Å². The highest BCUT2D eigenvalue weighted by atomic mass is 35.5. The van der Waals surface area contributed by atoms with Crippen LogP contribution in [0.15, 0.2) is 18.3 Å². The lowest BCUT2D eigenvalue weighted by Crippen LogP contribution is -2.04. The summed E-state index contributed by atoms with van der Waals surface area (Å²) in [5.74, 6) is 0. The summed E-state index contributed by atoms with van der Waals surface area (Å²) in [7, 11) is 1.74. The molecule has 0 bridgehead atoms. The Hall–Kier alpha value is -0.910. The summed E-state index contributed by atoms with van der Waals surface area (Å²) in [5, 5.41) is 17.4. The van der Waals surface area contributed by atoms with Crippen LogP contribution in [-0.2, 0) is 7.05 Å². The van der Waals surface area contributed by atoms with Crippen molar-refractivity contribution < 1.29 is 5.11 Å². The first-order chi connectivity index (χ1) is 6.68. The van der Waals surface area contributed by atoms with Gasteiger partial charge >= 0.3 is 0 Å². The molecule has 74 valence electrons. The summed E-state index contributed by atoms with van der Waals surface area (Å²) < 4.78 is 2.20. The van der Waals surface area contributed by atoms with Crippen LogP contribution in [0.25, 0.3) is 0 Å². The minimum Gasteiger partial charge on any atom is -0.381 e. The molecule has 0 radical (unpaired) electrons. The number of nitrogens with zero attached hydrogens (tertiary/aromatic N) is 3. The number of aliphatic hydroxyl groups is 1. The number of thiophene rings is 1. The summed E-state index contributed by atoms with van der Waals surface area (Å²) in [6, 6.07) is 3.55. The van der Waals surface area contributed by atoms with Crippen molar-refractivity contribution in [1.82, 2.24) is 15.0 Å². The van der Waals surface area contributed by atoms with Gasteiger partial charge in [-0.25, -0.2) is 4.68 Å². The molecule has 14 heavy (non-hydrogen) atoms. The molecule has 0 fully saturated rings. The third kappa shape index (κ3) is 1.66. The molecule has 0 amide bonds. The fraction of sp³-hybridized carbons (Fsp3) is 0.250. The number of aromatic nitrogens is 3. The molecule has 2 aromatic rings. The Bertz CT molecular complexity index is 439. The van der Waals surface area contributed by atoms with E-state index < -0.39 is 6.10 Å². The number of aryl methyl sites for hydroxylation is 1. The fourth-order valence-corrected chi connectivity index (χ4v) is 2.23. The van der Waals surface area contributed by atoms with Crippen molar-refractivity contribution in [3.8, 4) is 0 Å². The Balaban J connectivity index is 2.33. The van der Waals surface area contributed by atoms with Crippen molar-refractivity contribution in [2.75, 3.05) is 0 Å². The number of halogens is 1. The molecule has 1 unspecified atom stereocenters. The molecule has 1 atom stereocenters. The zero-order chi connectivity index (χ0) is 10.1. The maximum atomic E-state index is 9.93. The topological polar surface area (TPSA) is 50.9 Å². The predicted octanol–water partition coefficient (Wildman–Crippen LogP) is 1.61. The maximum absolute atomic E-state index is 9.93. The lowest BCUT2D eigenvalue weighted by atomic mass is 10.2. The van der Waals surface area contributed by atoms with E-state index in [-0.39, 0.29) is 0 Å². The Morgan fingerprint density at radius 3 is 2.86 bits per heavy atom. The van der Waals surface area contributed by atoms with E-state index >= 15 is 0 Å². The molecule has 0 aliphatic carbocycles. The monoisotopic (exact) mass is 229 g/mol. The zero-order valence-electron chi connectivity index (χ0n) is 7.38. The Labute approximate surface area is 89.8 Å². The van der Waals surface area contributed by atoms with E-state index in [4.69, 9.17) is 11.6 Å². The predicted molar refractivity (Wildman–Crippen MR) is 54.4 cm³/mol. The molecule has 0 aliphatic heterocycles. The molecule has 0 spiro atoms. The lowest BCUT2D eigenvalue weighted by Gasteiger charge is -2.06. The smallest absolute Gasteiger partial charge is 0.131 e. The van der Waals surface area contributed by atoms with E-state index in [1.165, 1.54) is 22.2 Å². The molecule has 2 rings (SSSR count). The van der Waals surface area contributed by atoms with Gasteiger partial charge in [-0.15, -0.1) is 16.4 Å². The van der Waals surface area contributed by atoms with Crippen LogP contribution < -0.4 is 0 Å². The summed E-state index contributed by atoms with van der Waals surface area (Å²) in [4.78, 5) is 0.792.